The first kappa shape index (κ1) is 12.5. The Morgan fingerprint density at radius 1 is 1.15 bits per heavy atom. The van der Waals surface area contributed by atoms with Crippen molar-refractivity contribution in [3.05, 3.63) is 59.7 Å². The average molecular weight is 267 g/mol. The molecule has 4 heteroatoms. The van der Waals surface area contributed by atoms with Crippen LogP contribution in [0.1, 0.15) is 11.1 Å². The molecule has 0 unspecified atom stereocenters. The lowest BCUT2D eigenvalue weighted by molar-refractivity contribution is 0.414. The van der Waals surface area contributed by atoms with Crippen LogP contribution in [-0.4, -0.2) is 13.1 Å². The van der Waals surface area contributed by atoms with Crippen molar-refractivity contribution in [2.45, 2.75) is 13.1 Å². The number of benzene rings is 2. The van der Waals surface area contributed by atoms with Gasteiger partial charge in [-0.25, -0.2) is 4.99 Å². The summed E-state index contributed by atoms with van der Waals surface area (Å²) in [5.74, 6) is 1.42. The number of ether oxygens (including phenoxy) is 1. The molecule has 0 saturated carbocycles. The SMILES string of the molecule is COc1ccc(CN2C(N)=NCc3ccccc32)cc1. The van der Waals surface area contributed by atoms with Crippen molar-refractivity contribution in [2.24, 2.45) is 10.7 Å². The van der Waals surface area contributed by atoms with Gasteiger partial charge in [0, 0.05) is 5.69 Å². The van der Waals surface area contributed by atoms with Crippen LogP contribution in [0.15, 0.2) is 53.5 Å². The monoisotopic (exact) mass is 267 g/mol. The predicted molar refractivity (Wildman–Crippen MR) is 80.9 cm³/mol. The van der Waals surface area contributed by atoms with Crippen LogP contribution in [0.5, 0.6) is 5.75 Å². The zero-order valence-corrected chi connectivity index (χ0v) is 11.4. The Balaban J connectivity index is 1.88. The minimum Gasteiger partial charge on any atom is -0.497 e. The molecule has 0 aromatic heterocycles. The molecule has 20 heavy (non-hydrogen) atoms. The highest BCUT2D eigenvalue weighted by molar-refractivity contribution is 5.96. The van der Waals surface area contributed by atoms with Crippen LogP contribution in [0.2, 0.25) is 0 Å². The molecule has 0 amide bonds. The van der Waals surface area contributed by atoms with Crippen LogP contribution in [0.25, 0.3) is 0 Å². The topological polar surface area (TPSA) is 50.9 Å². The van der Waals surface area contributed by atoms with E-state index in [-0.39, 0.29) is 0 Å². The third-order valence-electron chi connectivity index (χ3n) is 3.47. The van der Waals surface area contributed by atoms with E-state index in [0.717, 1.165) is 11.4 Å². The highest BCUT2D eigenvalue weighted by atomic mass is 16.5. The summed E-state index contributed by atoms with van der Waals surface area (Å²) >= 11 is 0. The van der Waals surface area contributed by atoms with Gasteiger partial charge in [0.25, 0.3) is 0 Å². The van der Waals surface area contributed by atoms with E-state index in [4.69, 9.17) is 10.5 Å². The summed E-state index contributed by atoms with van der Waals surface area (Å²) in [4.78, 5) is 6.42. The van der Waals surface area contributed by atoms with E-state index in [1.165, 1.54) is 11.1 Å². The van der Waals surface area contributed by atoms with Gasteiger partial charge in [-0.05, 0) is 29.3 Å². The second-order valence-corrected chi connectivity index (χ2v) is 4.74. The fraction of sp³-hybridized carbons (Fsp3) is 0.188. The van der Waals surface area contributed by atoms with E-state index in [1.54, 1.807) is 7.11 Å². The minimum atomic E-state index is 0.569. The molecule has 0 spiro atoms. The van der Waals surface area contributed by atoms with Gasteiger partial charge in [-0.15, -0.1) is 0 Å². The molecule has 1 aliphatic rings. The number of guanidine groups is 1. The molecule has 0 radical (unpaired) electrons. The van der Waals surface area contributed by atoms with Crippen LogP contribution >= 0.6 is 0 Å². The lowest BCUT2D eigenvalue weighted by Gasteiger charge is -2.29. The largest absolute Gasteiger partial charge is 0.497 e. The van der Waals surface area contributed by atoms with Crippen LogP contribution in [0, 0.1) is 0 Å². The quantitative estimate of drug-likeness (QED) is 0.929. The number of aliphatic imine (C=N–C) groups is 1. The van der Waals surface area contributed by atoms with Crippen molar-refractivity contribution < 1.29 is 4.74 Å². The maximum atomic E-state index is 6.05. The van der Waals surface area contributed by atoms with Crippen molar-refractivity contribution in [1.82, 2.24) is 0 Å². The predicted octanol–water partition coefficient (Wildman–Crippen LogP) is 2.53. The third kappa shape index (κ3) is 2.32. The molecule has 1 heterocycles. The highest BCUT2D eigenvalue weighted by Gasteiger charge is 2.18. The molecular formula is C16H17N3O. The number of para-hydroxylation sites is 1. The maximum absolute atomic E-state index is 6.05. The normalized spacial score (nSPS) is 13.7. The van der Waals surface area contributed by atoms with Crippen molar-refractivity contribution >= 4 is 11.6 Å². The third-order valence-corrected chi connectivity index (χ3v) is 3.47. The van der Waals surface area contributed by atoms with Gasteiger partial charge in [0.05, 0.1) is 20.2 Å². The van der Waals surface area contributed by atoms with E-state index in [0.29, 0.717) is 19.0 Å². The number of nitrogens with zero attached hydrogens (tertiary/aromatic N) is 2. The lowest BCUT2D eigenvalue weighted by atomic mass is 10.1. The molecule has 2 aromatic rings. The van der Waals surface area contributed by atoms with Gasteiger partial charge in [0.15, 0.2) is 5.96 Å². The average Bonchev–Trinajstić information content (AvgIpc) is 2.51. The van der Waals surface area contributed by atoms with E-state index < -0.39 is 0 Å². The summed E-state index contributed by atoms with van der Waals surface area (Å²) in [6.45, 7) is 1.36. The minimum absolute atomic E-state index is 0.569. The zero-order chi connectivity index (χ0) is 13.9. The maximum Gasteiger partial charge on any atom is 0.196 e. The first-order valence-electron chi connectivity index (χ1n) is 6.56. The molecule has 0 aliphatic carbocycles. The number of hydrogen-bond acceptors (Lipinski definition) is 4. The molecule has 1 aliphatic heterocycles. The van der Waals surface area contributed by atoms with Gasteiger partial charge >= 0.3 is 0 Å². The molecule has 0 saturated heterocycles. The van der Waals surface area contributed by atoms with Gasteiger partial charge in [-0.1, -0.05) is 30.3 Å². The first-order chi connectivity index (χ1) is 9.78. The number of rotatable bonds is 3. The van der Waals surface area contributed by atoms with Crippen LogP contribution in [0.4, 0.5) is 5.69 Å². The van der Waals surface area contributed by atoms with Crippen LogP contribution in [-0.2, 0) is 13.1 Å². The Hall–Kier alpha value is -2.49. The van der Waals surface area contributed by atoms with Crippen LogP contribution in [0.3, 0.4) is 0 Å². The van der Waals surface area contributed by atoms with Crippen molar-refractivity contribution in [2.75, 3.05) is 12.0 Å². The molecule has 0 bridgehead atoms. The number of methoxy groups -OCH3 is 1. The molecule has 0 atom stereocenters. The Kier molecular flexibility index (Phi) is 3.29. The number of nitrogens with two attached hydrogens (primary N) is 1. The molecule has 3 rings (SSSR count). The van der Waals surface area contributed by atoms with Crippen molar-refractivity contribution in [3.8, 4) is 5.75 Å². The fourth-order valence-electron chi connectivity index (χ4n) is 2.36. The molecule has 4 nitrogen and oxygen atoms in total. The molecule has 0 fully saturated rings. The van der Waals surface area contributed by atoms with Gasteiger partial charge < -0.3 is 15.4 Å². The summed E-state index contributed by atoms with van der Waals surface area (Å²) in [6.07, 6.45) is 0. The molecular weight excluding hydrogens is 250 g/mol. The first-order valence-corrected chi connectivity index (χ1v) is 6.56. The summed E-state index contributed by atoms with van der Waals surface area (Å²) in [7, 11) is 1.67. The number of fused-ring (bicyclic) bond motifs is 1. The summed E-state index contributed by atoms with van der Waals surface area (Å²) < 4.78 is 5.17. The van der Waals surface area contributed by atoms with E-state index >= 15 is 0 Å². The molecule has 2 aromatic carbocycles. The van der Waals surface area contributed by atoms with Gasteiger partial charge in [0.1, 0.15) is 5.75 Å². The molecule has 102 valence electrons. The van der Waals surface area contributed by atoms with E-state index in [2.05, 4.69) is 17.1 Å². The van der Waals surface area contributed by atoms with Gasteiger partial charge in [-0.3, -0.25) is 0 Å². The Morgan fingerprint density at radius 3 is 2.65 bits per heavy atom. The van der Waals surface area contributed by atoms with E-state index in [1.807, 2.05) is 41.3 Å². The second kappa shape index (κ2) is 5.25. The zero-order valence-electron chi connectivity index (χ0n) is 11.4. The Morgan fingerprint density at radius 2 is 1.90 bits per heavy atom. The summed E-state index contributed by atoms with van der Waals surface area (Å²) in [5, 5.41) is 0. The van der Waals surface area contributed by atoms with Gasteiger partial charge in [0.2, 0.25) is 0 Å². The Bertz CT molecular complexity index is 634. The second-order valence-electron chi connectivity index (χ2n) is 4.74. The van der Waals surface area contributed by atoms with E-state index in [9.17, 15) is 0 Å². The van der Waals surface area contributed by atoms with Crippen molar-refractivity contribution in [3.63, 3.8) is 0 Å². The van der Waals surface area contributed by atoms with Gasteiger partial charge in [-0.2, -0.15) is 0 Å². The van der Waals surface area contributed by atoms with Crippen LogP contribution < -0.4 is 15.4 Å². The summed E-state index contributed by atoms with van der Waals surface area (Å²) in [6, 6.07) is 16.2. The Labute approximate surface area is 118 Å². The van der Waals surface area contributed by atoms with Crippen molar-refractivity contribution in [1.29, 1.82) is 0 Å². The lowest BCUT2D eigenvalue weighted by Crippen LogP contribution is -2.39. The fourth-order valence-corrected chi connectivity index (χ4v) is 2.36. The molecule has 2 N–H and O–H groups in total. The number of hydrogen-bond donors (Lipinski definition) is 1. The highest BCUT2D eigenvalue weighted by Crippen LogP contribution is 2.26. The summed E-state index contributed by atoms with van der Waals surface area (Å²) in [5.41, 5.74) is 9.56. The number of anilines is 1. The standard InChI is InChI=1S/C16H17N3O/c1-20-14-8-6-12(7-9-14)11-19-15-5-3-2-4-13(15)10-18-16(19)17/h2-9H,10-11H2,1H3,(H2,17,18). The smallest absolute Gasteiger partial charge is 0.196 e.